The highest BCUT2D eigenvalue weighted by molar-refractivity contribution is 5.84. The molecule has 12 heteroatoms. The smallest absolute Gasteiger partial charge is 0.387 e. The van der Waals surface area contributed by atoms with Gasteiger partial charge in [0.05, 0.1) is 18.3 Å². The van der Waals surface area contributed by atoms with Gasteiger partial charge in [-0.3, -0.25) is 9.69 Å². The molecule has 0 radical (unpaired) electrons. The molecule has 48 heavy (non-hydrogen) atoms. The van der Waals surface area contributed by atoms with E-state index in [2.05, 4.69) is 16.3 Å². The first-order valence-corrected chi connectivity index (χ1v) is 15.9. The monoisotopic (exact) mass is 653 g/mol. The van der Waals surface area contributed by atoms with E-state index in [0.29, 0.717) is 43.2 Å². The first-order valence-electron chi connectivity index (χ1n) is 15.9. The van der Waals surface area contributed by atoms with Crippen LogP contribution in [0, 0.1) is 25.2 Å². The third kappa shape index (κ3) is 6.14. The fourth-order valence-corrected chi connectivity index (χ4v) is 6.49. The molecule has 7 rings (SSSR count). The highest BCUT2D eigenvalue weighted by atomic mass is 19.3. The van der Waals surface area contributed by atoms with Crippen molar-refractivity contribution in [1.29, 1.82) is 5.26 Å². The zero-order valence-corrected chi connectivity index (χ0v) is 26.5. The SMILES string of the molecule is Cc1c(-c2nc3c(o2)CCN(CC#N)C3)cccc1-c1cccc(-c2nc3cc(COC(=O)[C@@H]4CCCN4)c(OC(F)F)cc3o2)c1C. The molecule has 0 saturated carbocycles. The van der Waals surface area contributed by atoms with Gasteiger partial charge in [0.2, 0.25) is 11.8 Å². The molecule has 0 spiro atoms. The number of oxazole rings is 2. The molecule has 1 saturated heterocycles. The number of nitriles is 1. The first-order chi connectivity index (χ1) is 23.3. The van der Waals surface area contributed by atoms with Crippen molar-refractivity contribution in [2.24, 2.45) is 0 Å². The van der Waals surface area contributed by atoms with Crippen molar-refractivity contribution in [1.82, 2.24) is 20.2 Å². The lowest BCUT2D eigenvalue weighted by atomic mass is 9.91. The summed E-state index contributed by atoms with van der Waals surface area (Å²) in [6.07, 6.45) is 2.23. The van der Waals surface area contributed by atoms with E-state index in [-0.39, 0.29) is 23.5 Å². The van der Waals surface area contributed by atoms with Crippen LogP contribution < -0.4 is 10.1 Å². The van der Waals surface area contributed by atoms with Gasteiger partial charge in [-0.05, 0) is 73.7 Å². The van der Waals surface area contributed by atoms with Gasteiger partial charge in [0.25, 0.3) is 0 Å². The maximum atomic E-state index is 13.3. The Kier molecular flexibility index (Phi) is 8.64. The number of alkyl halides is 2. The first kappa shape index (κ1) is 31.5. The molecule has 10 nitrogen and oxygen atoms in total. The zero-order valence-electron chi connectivity index (χ0n) is 26.5. The molecule has 0 amide bonds. The van der Waals surface area contributed by atoms with Crippen LogP contribution in [0.3, 0.4) is 0 Å². The lowest BCUT2D eigenvalue weighted by Crippen LogP contribution is -2.32. The van der Waals surface area contributed by atoms with Crippen LogP contribution in [0.15, 0.2) is 57.4 Å². The summed E-state index contributed by atoms with van der Waals surface area (Å²) in [6, 6.07) is 16.5. The van der Waals surface area contributed by atoms with E-state index in [0.717, 1.165) is 64.3 Å². The predicted octanol–water partition coefficient (Wildman–Crippen LogP) is 6.71. The maximum absolute atomic E-state index is 13.3. The topological polar surface area (TPSA) is 127 Å². The van der Waals surface area contributed by atoms with Crippen molar-refractivity contribution in [3.8, 4) is 45.9 Å². The number of esters is 1. The Morgan fingerprint density at radius 2 is 1.77 bits per heavy atom. The standard InChI is InChI=1S/C36H33F2N5O5/c1-20-23(24-7-4-9-26(21(24)2)34-42-29-18-43(15-12-39)14-11-30(29)46-34)6-3-8-25(20)33-41-28-16-22(19-45-35(44)27-10-5-13-40-27)31(48-36(37)38)17-32(28)47-33/h3-4,6-9,16-17,27,36,40H,5,10-11,13-15,18-19H2,1-2H3/t27-/m0/s1. The van der Waals surface area contributed by atoms with Crippen LogP contribution in [0.5, 0.6) is 5.75 Å². The minimum absolute atomic E-state index is 0.142. The number of ether oxygens (including phenoxy) is 2. The number of hydrogen-bond donors (Lipinski definition) is 1. The lowest BCUT2D eigenvalue weighted by Gasteiger charge is -2.21. The van der Waals surface area contributed by atoms with Gasteiger partial charge >= 0.3 is 12.6 Å². The second-order valence-corrected chi connectivity index (χ2v) is 12.0. The second kappa shape index (κ2) is 13.2. The molecule has 246 valence electrons. The Morgan fingerprint density at radius 3 is 2.44 bits per heavy atom. The van der Waals surface area contributed by atoms with Crippen molar-refractivity contribution >= 4 is 17.1 Å². The van der Waals surface area contributed by atoms with Crippen molar-refractivity contribution in [3.63, 3.8) is 0 Å². The zero-order chi connectivity index (χ0) is 33.4. The third-order valence-electron chi connectivity index (χ3n) is 9.02. The molecule has 4 heterocycles. The van der Waals surface area contributed by atoms with Gasteiger partial charge < -0.3 is 23.6 Å². The molecular weight excluding hydrogens is 620 g/mol. The number of aromatic nitrogens is 2. The van der Waals surface area contributed by atoms with E-state index in [1.807, 2.05) is 50.2 Å². The van der Waals surface area contributed by atoms with Crippen LogP contribution in [0.25, 0.3) is 45.1 Å². The number of carbonyl (C=O) groups is 1. The average molecular weight is 654 g/mol. The highest BCUT2D eigenvalue weighted by Gasteiger charge is 2.26. The van der Waals surface area contributed by atoms with Crippen LogP contribution in [0.4, 0.5) is 8.78 Å². The largest absolute Gasteiger partial charge is 0.460 e. The predicted molar refractivity (Wildman–Crippen MR) is 172 cm³/mol. The lowest BCUT2D eigenvalue weighted by molar-refractivity contribution is -0.147. The Balaban J connectivity index is 1.20. The number of fused-ring (bicyclic) bond motifs is 2. The van der Waals surface area contributed by atoms with Crippen molar-refractivity contribution in [2.45, 2.75) is 58.9 Å². The molecule has 1 fully saturated rings. The molecule has 1 atom stereocenters. The highest BCUT2D eigenvalue weighted by Crippen LogP contribution is 2.39. The molecule has 2 aliphatic heterocycles. The van der Waals surface area contributed by atoms with E-state index in [1.165, 1.54) is 6.07 Å². The van der Waals surface area contributed by atoms with Crippen molar-refractivity contribution in [3.05, 3.63) is 76.7 Å². The summed E-state index contributed by atoms with van der Waals surface area (Å²) in [6.45, 7) is 3.11. The molecule has 0 bridgehead atoms. The summed E-state index contributed by atoms with van der Waals surface area (Å²) in [5.74, 6) is 1.14. The van der Waals surface area contributed by atoms with Crippen LogP contribution in [0.1, 0.15) is 41.0 Å². The minimum Gasteiger partial charge on any atom is -0.460 e. The molecule has 5 aromatic rings. The van der Waals surface area contributed by atoms with Gasteiger partial charge in [-0.2, -0.15) is 14.0 Å². The van der Waals surface area contributed by atoms with Crippen LogP contribution in [-0.4, -0.2) is 53.1 Å². The third-order valence-corrected chi connectivity index (χ3v) is 9.02. The summed E-state index contributed by atoms with van der Waals surface area (Å²) in [5, 5.41) is 12.2. The Labute approximate surface area is 275 Å². The molecule has 3 aromatic carbocycles. The molecule has 0 unspecified atom stereocenters. The van der Waals surface area contributed by atoms with E-state index < -0.39 is 18.6 Å². The summed E-state index contributed by atoms with van der Waals surface area (Å²) < 4.78 is 49.2. The van der Waals surface area contributed by atoms with E-state index in [4.69, 9.17) is 33.5 Å². The number of rotatable bonds is 9. The Morgan fingerprint density at radius 1 is 1.06 bits per heavy atom. The maximum Gasteiger partial charge on any atom is 0.387 e. The molecular formula is C36H33F2N5O5. The number of nitrogens with zero attached hydrogens (tertiary/aromatic N) is 4. The van der Waals surface area contributed by atoms with E-state index in [1.54, 1.807) is 6.07 Å². The molecule has 1 N–H and O–H groups in total. The van der Waals surface area contributed by atoms with Crippen LogP contribution in [0.2, 0.25) is 0 Å². The van der Waals surface area contributed by atoms with E-state index in [9.17, 15) is 13.6 Å². The second-order valence-electron chi connectivity index (χ2n) is 12.0. The normalized spacial score (nSPS) is 16.3. The van der Waals surface area contributed by atoms with Gasteiger partial charge in [0.1, 0.15) is 29.7 Å². The van der Waals surface area contributed by atoms with Crippen LogP contribution in [-0.2, 0) is 29.1 Å². The van der Waals surface area contributed by atoms with Gasteiger partial charge in [0, 0.05) is 42.3 Å². The van der Waals surface area contributed by atoms with Gasteiger partial charge in [0.15, 0.2) is 5.58 Å². The number of nitrogens with one attached hydrogen (secondary N) is 1. The van der Waals surface area contributed by atoms with Gasteiger partial charge in [-0.15, -0.1) is 0 Å². The summed E-state index contributed by atoms with van der Waals surface area (Å²) in [5.41, 5.74) is 7.25. The molecule has 2 aromatic heterocycles. The Bertz CT molecular complexity index is 2040. The fourth-order valence-electron chi connectivity index (χ4n) is 6.49. The van der Waals surface area contributed by atoms with E-state index >= 15 is 0 Å². The van der Waals surface area contributed by atoms with Crippen LogP contribution >= 0.6 is 0 Å². The minimum atomic E-state index is -3.08. The molecule has 0 aliphatic carbocycles. The number of halogens is 2. The van der Waals surface area contributed by atoms with Gasteiger partial charge in [-0.25, -0.2) is 9.97 Å². The summed E-state index contributed by atoms with van der Waals surface area (Å²) in [4.78, 5) is 24.0. The van der Waals surface area contributed by atoms with Crippen molar-refractivity contribution < 1.29 is 31.9 Å². The fraction of sp³-hybridized carbons (Fsp3) is 0.333. The Hall–Kier alpha value is -5.12. The number of carbonyl (C=O) groups excluding carboxylic acids is 1. The quantitative estimate of drug-likeness (QED) is 0.135. The summed E-state index contributed by atoms with van der Waals surface area (Å²) in [7, 11) is 0. The number of hydrogen-bond acceptors (Lipinski definition) is 10. The summed E-state index contributed by atoms with van der Waals surface area (Å²) >= 11 is 0. The number of benzene rings is 3. The average Bonchev–Trinajstić information content (AvgIpc) is 3.84. The van der Waals surface area contributed by atoms with Gasteiger partial charge in [-0.1, -0.05) is 24.3 Å². The van der Waals surface area contributed by atoms with Crippen molar-refractivity contribution in [2.75, 3.05) is 19.6 Å². The molecule has 2 aliphatic rings.